The molecule has 0 aliphatic carbocycles. The standard InChI is InChI=1S/C26H22N2O3S/c1-17-7-9-18(10-8-17)25(29)27-21-5-2-4-19(14-21)23-15-20-16-28(12-11-22(20)31-23)26(30)24-6-3-13-32-24/h2-10,13-15H,11-12,16H2,1H3,(H,27,29). The van der Waals surface area contributed by atoms with E-state index in [4.69, 9.17) is 4.42 Å². The lowest BCUT2D eigenvalue weighted by atomic mass is 10.1. The number of hydrogen-bond donors (Lipinski definition) is 1. The third-order valence-electron chi connectivity index (χ3n) is 5.60. The van der Waals surface area contributed by atoms with E-state index in [9.17, 15) is 9.59 Å². The van der Waals surface area contributed by atoms with E-state index in [1.54, 1.807) is 0 Å². The van der Waals surface area contributed by atoms with Crippen LogP contribution in [0.5, 0.6) is 0 Å². The second kappa shape index (κ2) is 8.48. The van der Waals surface area contributed by atoms with Gasteiger partial charge in [0.15, 0.2) is 0 Å². The molecule has 0 radical (unpaired) electrons. The molecule has 0 saturated carbocycles. The van der Waals surface area contributed by atoms with Crippen molar-refractivity contribution in [2.45, 2.75) is 19.9 Å². The highest BCUT2D eigenvalue weighted by Crippen LogP contribution is 2.31. The van der Waals surface area contributed by atoms with Crippen LogP contribution in [0.15, 0.2) is 76.5 Å². The Morgan fingerprint density at radius 2 is 1.88 bits per heavy atom. The van der Waals surface area contributed by atoms with Gasteiger partial charge < -0.3 is 14.6 Å². The van der Waals surface area contributed by atoms with Gasteiger partial charge in [0.25, 0.3) is 11.8 Å². The van der Waals surface area contributed by atoms with Gasteiger partial charge in [-0.3, -0.25) is 9.59 Å². The molecule has 3 heterocycles. The molecule has 2 aromatic carbocycles. The number of carbonyl (C=O) groups is 2. The highest BCUT2D eigenvalue weighted by Gasteiger charge is 2.25. The lowest BCUT2D eigenvalue weighted by Crippen LogP contribution is -2.35. The first-order chi connectivity index (χ1) is 15.6. The minimum Gasteiger partial charge on any atom is -0.461 e. The Kier molecular flexibility index (Phi) is 5.37. The van der Waals surface area contributed by atoms with Crippen LogP contribution < -0.4 is 5.32 Å². The van der Waals surface area contributed by atoms with Crippen molar-refractivity contribution < 1.29 is 14.0 Å². The first-order valence-corrected chi connectivity index (χ1v) is 11.4. The van der Waals surface area contributed by atoms with Gasteiger partial charge in [0.05, 0.1) is 4.88 Å². The maximum atomic E-state index is 12.7. The molecule has 0 bridgehead atoms. The van der Waals surface area contributed by atoms with Crippen molar-refractivity contribution in [2.24, 2.45) is 0 Å². The number of rotatable bonds is 4. The van der Waals surface area contributed by atoms with Crippen LogP contribution in [0, 0.1) is 6.92 Å². The van der Waals surface area contributed by atoms with Crippen molar-refractivity contribution >= 4 is 28.8 Å². The van der Waals surface area contributed by atoms with E-state index in [0.29, 0.717) is 30.8 Å². The molecule has 4 aromatic rings. The van der Waals surface area contributed by atoms with Crippen LogP contribution in [-0.4, -0.2) is 23.3 Å². The zero-order valence-electron chi connectivity index (χ0n) is 17.6. The molecule has 5 nitrogen and oxygen atoms in total. The van der Waals surface area contributed by atoms with Gasteiger partial charge >= 0.3 is 0 Å². The van der Waals surface area contributed by atoms with Gasteiger partial charge in [-0.25, -0.2) is 0 Å². The molecule has 0 unspecified atom stereocenters. The van der Waals surface area contributed by atoms with Gasteiger partial charge in [-0.15, -0.1) is 11.3 Å². The highest BCUT2D eigenvalue weighted by molar-refractivity contribution is 7.12. The maximum Gasteiger partial charge on any atom is 0.264 e. The predicted molar refractivity (Wildman–Crippen MR) is 126 cm³/mol. The molecule has 2 aromatic heterocycles. The number of thiophene rings is 1. The monoisotopic (exact) mass is 442 g/mol. The third kappa shape index (κ3) is 4.09. The number of furan rings is 1. The minimum absolute atomic E-state index is 0.0641. The summed E-state index contributed by atoms with van der Waals surface area (Å²) < 4.78 is 6.12. The van der Waals surface area contributed by atoms with Crippen molar-refractivity contribution in [3.05, 3.63) is 99.4 Å². The average molecular weight is 443 g/mol. The number of benzene rings is 2. The van der Waals surface area contributed by atoms with Crippen molar-refractivity contribution in [2.75, 3.05) is 11.9 Å². The van der Waals surface area contributed by atoms with Gasteiger partial charge in [0.2, 0.25) is 0 Å². The van der Waals surface area contributed by atoms with Crippen molar-refractivity contribution in [1.82, 2.24) is 4.90 Å². The second-order valence-electron chi connectivity index (χ2n) is 7.91. The first-order valence-electron chi connectivity index (χ1n) is 10.5. The Hall–Kier alpha value is -3.64. The molecule has 0 spiro atoms. The first kappa shape index (κ1) is 20.3. The molecular formula is C26H22N2O3S. The number of amides is 2. The number of nitrogens with zero attached hydrogens (tertiary/aromatic N) is 1. The fourth-order valence-corrected chi connectivity index (χ4v) is 4.55. The van der Waals surface area contributed by atoms with Crippen molar-refractivity contribution in [3.8, 4) is 11.3 Å². The number of aryl methyl sites for hydroxylation is 1. The molecule has 5 rings (SSSR count). The van der Waals surface area contributed by atoms with Crippen LogP contribution in [0.1, 0.15) is 36.9 Å². The van der Waals surface area contributed by atoms with Crippen LogP contribution >= 0.6 is 11.3 Å². The van der Waals surface area contributed by atoms with Crippen LogP contribution in [-0.2, 0) is 13.0 Å². The third-order valence-corrected chi connectivity index (χ3v) is 6.46. The molecule has 0 fully saturated rings. The van der Waals surface area contributed by atoms with E-state index in [2.05, 4.69) is 5.32 Å². The molecular weight excluding hydrogens is 420 g/mol. The van der Waals surface area contributed by atoms with E-state index < -0.39 is 0 Å². The zero-order chi connectivity index (χ0) is 22.1. The minimum atomic E-state index is -0.149. The van der Waals surface area contributed by atoms with Crippen LogP contribution in [0.25, 0.3) is 11.3 Å². The van der Waals surface area contributed by atoms with E-state index in [-0.39, 0.29) is 11.8 Å². The van der Waals surface area contributed by atoms with Gasteiger partial charge in [0, 0.05) is 41.9 Å². The van der Waals surface area contributed by atoms with Crippen LogP contribution in [0.3, 0.4) is 0 Å². The summed E-state index contributed by atoms with van der Waals surface area (Å²) in [6.45, 7) is 3.17. The van der Waals surface area contributed by atoms with Gasteiger partial charge in [-0.05, 0) is 48.7 Å². The molecule has 1 aliphatic heterocycles. The summed E-state index contributed by atoms with van der Waals surface area (Å²) in [6.07, 6.45) is 0.691. The number of carbonyl (C=O) groups excluding carboxylic acids is 2. The Bertz CT molecular complexity index is 1270. The van der Waals surface area contributed by atoms with Crippen molar-refractivity contribution in [1.29, 1.82) is 0 Å². The number of anilines is 1. The number of nitrogens with one attached hydrogen (secondary N) is 1. The SMILES string of the molecule is Cc1ccc(C(=O)Nc2cccc(-c3cc4c(o3)CCN(C(=O)c3cccs3)C4)c2)cc1. The summed E-state index contributed by atoms with van der Waals surface area (Å²) in [4.78, 5) is 27.9. The van der Waals surface area contributed by atoms with E-state index in [0.717, 1.165) is 33.1 Å². The van der Waals surface area contributed by atoms with Crippen molar-refractivity contribution in [3.63, 3.8) is 0 Å². The lowest BCUT2D eigenvalue weighted by Gasteiger charge is -2.25. The quantitative estimate of drug-likeness (QED) is 0.437. The highest BCUT2D eigenvalue weighted by atomic mass is 32.1. The smallest absolute Gasteiger partial charge is 0.264 e. The maximum absolute atomic E-state index is 12.7. The molecule has 1 N–H and O–H groups in total. The lowest BCUT2D eigenvalue weighted by molar-refractivity contribution is 0.0734. The summed E-state index contributed by atoms with van der Waals surface area (Å²) in [5, 5.41) is 4.87. The average Bonchev–Trinajstić information content (AvgIpc) is 3.49. The van der Waals surface area contributed by atoms with Gasteiger partial charge in [-0.2, -0.15) is 0 Å². The molecule has 32 heavy (non-hydrogen) atoms. The fraction of sp³-hybridized carbons (Fsp3) is 0.154. The normalized spacial score (nSPS) is 13.0. The van der Waals surface area contributed by atoms with Gasteiger partial charge in [0.1, 0.15) is 11.5 Å². The van der Waals surface area contributed by atoms with E-state index >= 15 is 0 Å². The summed E-state index contributed by atoms with van der Waals surface area (Å²) in [6, 6.07) is 20.9. The summed E-state index contributed by atoms with van der Waals surface area (Å²) in [7, 11) is 0. The predicted octanol–water partition coefficient (Wildman–Crippen LogP) is 5.77. The molecule has 2 amide bonds. The molecule has 6 heteroatoms. The Morgan fingerprint density at radius 1 is 1.03 bits per heavy atom. The summed E-state index contributed by atoms with van der Waals surface area (Å²) in [5.41, 5.74) is 4.35. The van der Waals surface area contributed by atoms with Gasteiger partial charge in [-0.1, -0.05) is 35.9 Å². The molecule has 160 valence electrons. The summed E-state index contributed by atoms with van der Waals surface area (Å²) in [5.74, 6) is 1.58. The summed E-state index contributed by atoms with van der Waals surface area (Å²) >= 11 is 1.46. The van der Waals surface area contributed by atoms with Crippen LogP contribution in [0.4, 0.5) is 5.69 Å². The number of hydrogen-bond acceptors (Lipinski definition) is 4. The molecule has 1 aliphatic rings. The fourth-order valence-electron chi connectivity index (χ4n) is 3.86. The Morgan fingerprint density at radius 3 is 2.66 bits per heavy atom. The largest absolute Gasteiger partial charge is 0.461 e. The Labute approximate surface area is 190 Å². The van der Waals surface area contributed by atoms with E-state index in [1.165, 1.54) is 11.3 Å². The van der Waals surface area contributed by atoms with Crippen LogP contribution in [0.2, 0.25) is 0 Å². The number of fused-ring (bicyclic) bond motifs is 1. The zero-order valence-corrected chi connectivity index (χ0v) is 18.4. The van der Waals surface area contributed by atoms with E-state index in [1.807, 2.05) is 83.9 Å². The second-order valence-corrected chi connectivity index (χ2v) is 8.86. The molecule has 0 saturated heterocycles. The Balaban J connectivity index is 1.33. The molecule has 0 atom stereocenters. The topological polar surface area (TPSA) is 62.6 Å².